The van der Waals surface area contributed by atoms with Gasteiger partial charge in [0.15, 0.2) is 0 Å². The molecule has 1 radical (unpaired) electrons. The standard InChI is InChI=1S/C24H18I2NO4/c25-21-10-14(11-22(26)23(21)29)9-15(12-28)27-24(30)31-13-20-18-7-3-1-5-16(18)17-6-2-4-8-19(17)20/h1-8,10-11,15,20,29H,9,13H2,(H,27,30)/t15-/m0/s1. The number of phenolic OH excluding ortho intramolecular Hbond substituents is 1. The maximum Gasteiger partial charge on any atom is 0.407 e. The second-order valence-corrected chi connectivity index (χ2v) is 9.58. The fourth-order valence-corrected chi connectivity index (χ4v) is 5.77. The molecule has 0 aromatic heterocycles. The van der Waals surface area contributed by atoms with Crippen LogP contribution in [0.1, 0.15) is 22.6 Å². The van der Waals surface area contributed by atoms with Gasteiger partial charge in [-0.1, -0.05) is 48.5 Å². The lowest BCUT2D eigenvalue weighted by Gasteiger charge is -2.17. The number of hydrogen-bond donors (Lipinski definition) is 2. The van der Waals surface area contributed by atoms with Crippen LogP contribution in [-0.2, 0) is 16.0 Å². The van der Waals surface area contributed by atoms with Crippen LogP contribution in [0, 0.1) is 7.14 Å². The molecular formula is C24H18I2NO4. The number of nitrogens with one attached hydrogen (secondary N) is 1. The number of rotatable bonds is 6. The molecule has 31 heavy (non-hydrogen) atoms. The van der Waals surface area contributed by atoms with Crippen molar-refractivity contribution in [2.24, 2.45) is 0 Å². The summed E-state index contributed by atoms with van der Waals surface area (Å²) in [5.74, 6) is 0.165. The van der Waals surface area contributed by atoms with Gasteiger partial charge in [-0.2, -0.15) is 0 Å². The van der Waals surface area contributed by atoms with E-state index in [1.165, 1.54) is 0 Å². The summed E-state index contributed by atoms with van der Waals surface area (Å²) in [6.45, 7) is 0.181. The summed E-state index contributed by atoms with van der Waals surface area (Å²) in [6, 6.07) is 18.9. The zero-order valence-electron chi connectivity index (χ0n) is 16.3. The van der Waals surface area contributed by atoms with Gasteiger partial charge in [0.2, 0.25) is 6.29 Å². The predicted molar refractivity (Wildman–Crippen MR) is 135 cm³/mol. The highest BCUT2D eigenvalue weighted by Crippen LogP contribution is 2.44. The number of hydrogen-bond acceptors (Lipinski definition) is 4. The minimum absolute atomic E-state index is 0.0444. The largest absolute Gasteiger partial charge is 0.506 e. The van der Waals surface area contributed by atoms with Crippen LogP contribution in [0.4, 0.5) is 4.79 Å². The van der Waals surface area contributed by atoms with Gasteiger partial charge in [-0.3, -0.25) is 4.79 Å². The Labute approximate surface area is 207 Å². The van der Waals surface area contributed by atoms with Gasteiger partial charge >= 0.3 is 6.09 Å². The van der Waals surface area contributed by atoms with Gasteiger partial charge in [0.25, 0.3) is 0 Å². The molecule has 1 aliphatic carbocycles. The summed E-state index contributed by atoms with van der Waals surface area (Å²) in [5, 5.41) is 12.5. The maximum atomic E-state index is 12.4. The zero-order valence-corrected chi connectivity index (χ0v) is 20.6. The molecule has 0 spiro atoms. The minimum Gasteiger partial charge on any atom is -0.506 e. The number of carbonyl (C=O) groups excluding carboxylic acids is 2. The van der Waals surface area contributed by atoms with E-state index in [0.29, 0.717) is 7.14 Å². The Kier molecular flexibility index (Phi) is 6.80. The molecule has 1 amide bonds. The van der Waals surface area contributed by atoms with Gasteiger partial charge in [0.1, 0.15) is 18.4 Å². The van der Waals surface area contributed by atoms with Gasteiger partial charge in [0.05, 0.1) is 7.14 Å². The maximum absolute atomic E-state index is 12.4. The second kappa shape index (κ2) is 9.56. The normalized spacial score (nSPS) is 13.2. The first-order valence-corrected chi connectivity index (χ1v) is 11.8. The molecule has 0 bridgehead atoms. The molecular weight excluding hydrogens is 620 g/mol. The highest BCUT2D eigenvalue weighted by Gasteiger charge is 2.29. The Morgan fingerprint density at radius 2 is 1.58 bits per heavy atom. The third-order valence-corrected chi connectivity index (χ3v) is 6.94. The predicted octanol–water partition coefficient (Wildman–Crippen LogP) is 5.16. The third kappa shape index (κ3) is 4.72. The van der Waals surface area contributed by atoms with E-state index in [9.17, 15) is 14.7 Å². The van der Waals surface area contributed by atoms with Crippen LogP contribution in [0.5, 0.6) is 5.75 Å². The van der Waals surface area contributed by atoms with E-state index >= 15 is 0 Å². The van der Waals surface area contributed by atoms with Gasteiger partial charge in [0, 0.05) is 12.3 Å². The van der Waals surface area contributed by atoms with Crippen LogP contribution < -0.4 is 5.32 Å². The second-order valence-electron chi connectivity index (χ2n) is 7.25. The molecule has 157 valence electrons. The van der Waals surface area contributed by atoms with E-state index in [1.807, 2.05) is 75.7 Å². The summed E-state index contributed by atoms with van der Waals surface area (Å²) in [7, 11) is 0. The SMILES string of the molecule is O=[C][C@H](Cc1cc(I)c(O)c(I)c1)NC(=O)OCC1c2ccccc2-c2ccccc21. The third-order valence-electron chi connectivity index (χ3n) is 5.29. The first-order valence-electron chi connectivity index (χ1n) is 9.64. The van der Waals surface area contributed by atoms with Gasteiger partial charge in [-0.15, -0.1) is 0 Å². The van der Waals surface area contributed by atoms with Crippen molar-refractivity contribution in [2.45, 2.75) is 18.4 Å². The summed E-state index contributed by atoms with van der Waals surface area (Å²) in [4.78, 5) is 23.8. The number of phenols is 1. The molecule has 5 nitrogen and oxygen atoms in total. The molecule has 1 aliphatic rings. The van der Waals surface area contributed by atoms with E-state index in [-0.39, 0.29) is 24.7 Å². The van der Waals surface area contributed by atoms with Crippen molar-refractivity contribution in [3.63, 3.8) is 0 Å². The monoisotopic (exact) mass is 638 g/mol. The Hall–Kier alpha value is -2.14. The first-order chi connectivity index (χ1) is 15.0. The molecule has 3 aromatic rings. The molecule has 0 saturated heterocycles. The minimum atomic E-state index is -0.841. The van der Waals surface area contributed by atoms with Crippen LogP contribution in [0.3, 0.4) is 0 Å². The van der Waals surface area contributed by atoms with Crippen molar-refractivity contribution < 1.29 is 19.4 Å². The quantitative estimate of drug-likeness (QED) is 0.366. The van der Waals surface area contributed by atoms with Crippen molar-refractivity contribution >= 4 is 57.6 Å². The molecule has 0 heterocycles. The molecule has 3 aromatic carbocycles. The highest BCUT2D eigenvalue weighted by atomic mass is 127. The molecule has 7 heteroatoms. The topological polar surface area (TPSA) is 75.6 Å². The Bertz CT molecular complexity index is 1080. The lowest BCUT2D eigenvalue weighted by molar-refractivity contribution is 0.141. The van der Waals surface area contributed by atoms with Gasteiger partial charge in [-0.05, 0) is 85.1 Å². The number of halogens is 2. The molecule has 4 rings (SSSR count). The first kappa shape index (κ1) is 22.1. The lowest BCUT2D eigenvalue weighted by atomic mass is 9.98. The number of aromatic hydroxyl groups is 1. The van der Waals surface area contributed by atoms with Gasteiger partial charge < -0.3 is 15.2 Å². The summed E-state index contributed by atoms with van der Waals surface area (Å²) in [6.07, 6.45) is 1.47. The summed E-state index contributed by atoms with van der Waals surface area (Å²) < 4.78 is 6.88. The van der Waals surface area contributed by atoms with Crippen LogP contribution in [-0.4, -0.2) is 30.1 Å². The number of fused-ring (bicyclic) bond motifs is 3. The van der Waals surface area contributed by atoms with Crippen molar-refractivity contribution in [3.05, 3.63) is 84.5 Å². The summed E-state index contributed by atoms with van der Waals surface area (Å²) in [5.41, 5.74) is 5.39. The van der Waals surface area contributed by atoms with E-state index in [0.717, 1.165) is 27.8 Å². The Balaban J connectivity index is 1.41. The van der Waals surface area contributed by atoms with E-state index in [4.69, 9.17) is 4.74 Å². The van der Waals surface area contributed by atoms with E-state index in [1.54, 1.807) is 12.1 Å². The highest BCUT2D eigenvalue weighted by molar-refractivity contribution is 14.1. The molecule has 2 N–H and O–H groups in total. The molecule has 1 atom stereocenters. The molecule has 0 aliphatic heterocycles. The van der Waals surface area contributed by atoms with Crippen molar-refractivity contribution in [1.82, 2.24) is 5.32 Å². The van der Waals surface area contributed by atoms with E-state index in [2.05, 4.69) is 29.6 Å². The molecule has 0 saturated carbocycles. The number of benzene rings is 3. The van der Waals surface area contributed by atoms with Crippen molar-refractivity contribution in [3.8, 4) is 16.9 Å². The zero-order chi connectivity index (χ0) is 22.0. The average Bonchev–Trinajstić information content (AvgIpc) is 3.09. The smallest absolute Gasteiger partial charge is 0.407 e. The fraction of sp³-hybridized carbons (Fsp3) is 0.167. The van der Waals surface area contributed by atoms with Crippen LogP contribution >= 0.6 is 45.2 Å². The van der Waals surface area contributed by atoms with Crippen LogP contribution in [0.25, 0.3) is 11.1 Å². The Morgan fingerprint density at radius 3 is 2.13 bits per heavy atom. The number of ether oxygens (including phenoxy) is 1. The van der Waals surface area contributed by atoms with E-state index < -0.39 is 12.1 Å². The number of alkyl carbamates (subject to hydrolysis) is 1. The number of amides is 1. The van der Waals surface area contributed by atoms with Gasteiger partial charge in [-0.25, -0.2) is 4.79 Å². The van der Waals surface area contributed by atoms with Crippen LogP contribution in [0.2, 0.25) is 0 Å². The Morgan fingerprint density at radius 1 is 1.03 bits per heavy atom. The molecule has 0 unspecified atom stereocenters. The van der Waals surface area contributed by atoms with Crippen LogP contribution in [0.15, 0.2) is 60.7 Å². The fourth-order valence-electron chi connectivity index (χ4n) is 3.88. The van der Waals surface area contributed by atoms with Crippen molar-refractivity contribution in [1.29, 1.82) is 0 Å². The lowest BCUT2D eigenvalue weighted by Crippen LogP contribution is -2.38. The average molecular weight is 638 g/mol. The molecule has 0 fully saturated rings. The number of carbonyl (C=O) groups is 1. The van der Waals surface area contributed by atoms with Crippen molar-refractivity contribution in [2.75, 3.05) is 6.61 Å². The summed E-state index contributed by atoms with van der Waals surface area (Å²) >= 11 is 4.06.